The molecule has 3 unspecified atom stereocenters. The number of amides is 2. The third kappa shape index (κ3) is 9.74. The zero-order chi connectivity index (χ0) is 30.0. The Labute approximate surface area is 241 Å². The van der Waals surface area contributed by atoms with Gasteiger partial charge in [0.25, 0.3) is 0 Å². The Morgan fingerprint density at radius 2 is 1.54 bits per heavy atom. The number of ether oxygens (including phenoxy) is 1. The Morgan fingerprint density at radius 1 is 0.902 bits per heavy atom. The van der Waals surface area contributed by atoms with Crippen molar-refractivity contribution in [3.63, 3.8) is 0 Å². The van der Waals surface area contributed by atoms with Gasteiger partial charge < -0.3 is 20.5 Å². The molecule has 3 aromatic rings. The summed E-state index contributed by atoms with van der Waals surface area (Å²) >= 11 is 0. The average Bonchev–Trinajstić information content (AvgIpc) is 2.92. The summed E-state index contributed by atoms with van der Waals surface area (Å²) in [4.78, 5) is 38.1. The molecule has 0 aliphatic rings. The van der Waals surface area contributed by atoms with Crippen LogP contribution in [0.2, 0.25) is 0 Å². The van der Waals surface area contributed by atoms with E-state index in [2.05, 4.69) is 10.6 Å². The topological polar surface area (TPSA) is 105 Å². The maximum Gasteiger partial charge on any atom is 0.304 e. The zero-order valence-electron chi connectivity index (χ0n) is 24.0. The molecule has 3 rings (SSSR count). The molecule has 3 atom stereocenters. The third-order valence-electron chi connectivity index (χ3n) is 6.85. The quantitative estimate of drug-likeness (QED) is 0.222. The minimum absolute atomic E-state index is 0.108. The van der Waals surface area contributed by atoms with Gasteiger partial charge >= 0.3 is 5.97 Å². The van der Waals surface area contributed by atoms with Gasteiger partial charge in [0, 0.05) is 5.92 Å². The van der Waals surface area contributed by atoms with Crippen molar-refractivity contribution in [1.82, 2.24) is 10.6 Å². The number of carboxylic acids is 1. The van der Waals surface area contributed by atoms with Gasteiger partial charge in [-0.05, 0) is 67.0 Å². The number of carbonyl (C=O) groups is 3. The number of benzene rings is 3. The van der Waals surface area contributed by atoms with Crippen molar-refractivity contribution in [3.8, 4) is 11.5 Å². The van der Waals surface area contributed by atoms with Crippen LogP contribution in [0.4, 0.5) is 4.39 Å². The highest BCUT2D eigenvalue weighted by Gasteiger charge is 2.35. The molecule has 3 aromatic carbocycles. The monoisotopic (exact) mass is 562 g/mol. The molecule has 0 bridgehead atoms. The van der Waals surface area contributed by atoms with Gasteiger partial charge in [0.15, 0.2) is 11.6 Å². The van der Waals surface area contributed by atoms with Crippen molar-refractivity contribution in [2.45, 2.75) is 65.5 Å². The molecule has 7 nitrogen and oxygen atoms in total. The van der Waals surface area contributed by atoms with Crippen molar-refractivity contribution in [1.29, 1.82) is 0 Å². The summed E-state index contributed by atoms with van der Waals surface area (Å²) in [5.41, 5.74) is 1.02. The van der Waals surface area contributed by atoms with Crippen LogP contribution in [0.3, 0.4) is 0 Å². The summed E-state index contributed by atoms with van der Waals surface area (Å²) in [6, 6.07) is 22.0. The van der Waals surface area contributed by atoms with Gasteiger partial charge in [0.1, 0.15) is 11.8 Å². The minimum atomic E-state index is -1.10. The molecule has 0 aliphatic carbocycles. The predicted molar refractivity (Wildman–Crippen MR) is 156 cm³/mol. The lowest BCUT2D eigenvalue weighted by Crippen LogP contribution is -2.55. The molecule has 0 saturated carbocycles. The van der Waals surface area contributed by atoms with Crippen LogP contribution in [0, 0.1) is 17.2 Å². The average molecular weight is 563 g/mol. The van der Waals surface area contributed by atoms with Crippen LogP contribution < -0.4 is 15.4 Å². The first kappa shape index (κ1) is 31.3. The fourth-order valence-corrected chi connectivity index (χ4v) is 4.54. The van der Waals surface area contributed by atoms with Crippen molar-refractivity contribution >= 4 is 17.8 Å². The van der Waals surface area contributed by atoms with Crippen LogP contribution in [-0.4, -0.2) is 28.9 Å². The number of carboxylic acid groups (broad SMARTS) is 1. The molecule has 2 amide bonds. The summed E-state index contributed by atoms with van der Waals surface area (Å²) in [7, 11) is 0. The Morgan fingerprint density at radius 3 is 2.12 bits per heavy atom. The maximum atomic E-state index is 14.6. The normalized spacial score (nSPS) is 13.5. The van der Waals surface area contributed by atoms with E-state index in [4.69, 9.17) is 4.74 Å². The SMILES string of the molecule is CC(NC(=O)C(NC(=O)C(CCCc1ccc(Oc2ccccc2)c(F)c1)CC(=O)O)C(C)(C)C)c1ccccc1. The number of nitrogens with one attached hydrogen (secondary N) is 2. The fraction of sp³-hybridized carbons (Fsp3) is 0.364. The van der Waals surface area contributed by atoms with Crippen LogP contribution >= 0.6 is 0 Å². The van der Waals surface area contributed by atoms with E-state index >= 15 is 0 Å². The second-order valence-corrected chi connectivity index (χ2v) is 11.3. The first-order chi connectivity index (χ1) is 19.4. The smallest absolute Gasteiger partial charge is 0.304 e. The number of aryl methyl sites for hydroxylation is 1. The Bertz CT molecular complexity index is 1310. The number of carbonyl (C=O) groups excluding carboxylic acids is 2. The number of hydrogen-bond donors (Lipinski definition) is 3. The zero-order valence-corrected chi connectivity index (χ0v) is 24.0. The van der Waals surface area contributed by atoms with E-state index in [1.54, 1.807) is 36.4 Å². The van der Waals surface area contributed by atoms with E-state index < -0.39 is 35.1 Å². The molecule has 0 saturated heterocycles. The van der Waals surface area contributed by atoms with Crippen molar-refractivity contribution in [3.05, 3.63) is 95.8 Å². The molecule has 0 fully saturated rings. The highest BCUT2D eigenvalue weighted by Crippen LogP contribution is 2.26. The molecular formula is C33H39FN2O5. The van der Waals surface area contributed by atoms with Crippen LogP contribution in [0.1, 0.15) is 64.1 Å². The van der Waals surface area contributed by atoms with Crippen LogP contribution in [0.15, 0.2) is 78.9 Å². The first-order valence-electron chi connectivity index (χ1n) is 13.8. The van der Waals surface area contributed by atoms with Crippen molar-refractivity contribution in [2.24, 2.45) is 11.3 Å². The molecule has 0 aromatic heterocycles. The van der Waals surface area contributed by atoms with Gasteiger partial charge in [-0.3, -0.25) is 14.4 Å². The van der Waals surface area contributed by atoms with Crippen LogP contribution in [0.5, 0.6) is 11.5 Å². The van der Waals surface area contributed by atoms with Crippen molar-refractivity contribution < 1.29 is 28.6 Å². The third-order valence-corrected chi connectivity index (χ3v) is 6.85. The molecule has 0 radical (unpaired) electrons. The molecule has 8 heteroatoms. The van der Waals surface area contributed by atoms with Gasteiger partial charge in [-0.25, -0.2) is 4.39 Å². The number of halogens is 1. The summed E-state index contributed by atoms with van der Waals surface area (Å²) in [6.07, 6.45) is 0.800. The lowest BCUT2D eigenvalue weighted by molar-refractivity contribution is -0.142. The molecule has 0 spiro atoms. The number of rotatable bonds is 13. The van der Waals surface area contributed by atoms with E-state index in [0.717, 1.165) is 5.56 Å². The standard InChI is InChI=1S/C33H39FN2O5/c1-22(24-13-7-5-8-14-24)35-32(40)30(33(2,3)4)36-31(39)25(21-29(37)38)15-11-12-23-18-19-28(27(34)20-23)41-26-16-9-6-10-17-26/h5-10,13-14,16-20,22,25,30H,11-12,15,21H2,1-4H3,(H,35,40)(H,36,39)(H,37,38). The van der Waals surface area contributed by atoms with Crippen LogP contribution in [0.25, 0.3) is 0 Å². The largest absolute Gasteiger partial charge is 0.481 e. The molecule has 218 valence electrons. The second-order valence-electron chi connectivity index (χ2n) is 11.3. The summed E-state index contributed by atoms with van der Waals surface area (Å²) in [6.45, 7) is 7.40. The Balaban J connectivity index is 1.62. The lowest BCUT2D eigenvalue weighted by atomic mass is 9.85. The molecule has 0 heterocycles. The highest BCUT2D eigenvalue weighted by atomic mass is 19.1. The van der Waals surface area contributed by atoms with Gasteiger partial charge in [-0.2, -0.15) is 0 Å². The Kier molecular flexibility index (Phi) is 11.0. The Hall–Kier alpha value is -4.20. The number of hydrogen-bond acceptors (Lipinski definition) is 4. The maximum absolute atomic E-state index is 14.6. The number of aliphatic carboxylic acids is 1. The van der Waals surface area contributed by atoms with Gasteiger partial charge in [0.2, 0.25) is 11.8 Å². The van der Waals surface area contributed by atoms with E-state index in [1.807, 2.05) is 64.1 Å². The van der Waals surface area contributed by atoms with E-state index in [-0.39, 0.29) is 30.5 Å². The van der Waals surface area contributed by atoms with Gasteiger partial charge in [-0.1, -0.05) is 75.4 Å². The highest BCUT2D eigenvalue weighted by molar-refractivity contribution is 5.90. The van der Waals surface area contributed by atoms with Gasteiger partial charge in [0.05, 0.1) is 12.5 Å². The van der Waals surface area contributed by atoms with E-state index in [1.165, 1.54) is 6.07 Å². The van der Waals surface area contributed by atoms with E-state index in [0.29, 0.717) is 24.2 Å². The number of para-hydroxylation sites is 1. The summed E-state index contributed by atoms with van der Waals surface area (Å²) in [5.74, 6) is -2.66. The first-order valence-corrected chi connectivity index (χ1v) is 13.8. The van der Waals surface area contributed by atoms with Gasteiger partial charge in [-0.15, -0.1) is 0 Å². The minimum Gasteiger partial charge on any atom is -0.481 e. The summed E-state index contributed by atoms with van der Waals surface area (Å²) < 4.78 is 20.2. The predicted octanol–water partition coefficient (Wildman–Crippen LogP) is 6.44. The molecule has 41 heavy (non-hydrogen) atoms. The molecule has 0 aliphatic heterocycles. The lowest BCUT2D eigenvalue weighted by Gasteiger charge is -2.32. The van der Waals surface area contributed by atoms with Crippen LogP contribution in [-0.2, 0) is 20.8 Å². The van der Waals surface area contributed by atoms with Crippen molar-refractivity contribution in [2.75, 3.05) is 0 Å². The summed E-state index contributed by atoms with van der Waals surface area (Å²) in [5, 5.41) is 15.2. The van der Waals surface area contributed by atoms with E-state index in [9.17, 15) is 23.9 Å². The molecule has 3 N–H and O–H groups in total. The second kappa shape index (κ2) is 14.4. The fourth-order valence-electron chi connectivity index (χ4n) is 4.54. The molecular weight excluding hydrogens is 523 g/mol.